The van der Waals surface area contributed by atoms with Gasteiger partial charge in [0.25, 0.3) is 0 Å². The van der Waals surface area contributed by atoms with Crippen LogP contribution in [0.25, 0.3) is 0 Å². The summed E-state index contributed by atoms with van der Waals surface area (Å²) in [5, 5.41) is 22.1. The first-order valence-electron chi connectivity index (χ1n) is 6.84. The van der Waals surface area contributed by atoms with Crippen LogP contribution in [0.15, 0.2) is 24.3 Å². The van der Waals surface area contributed by atoms with E-state index in [0.29, 0.717) is 25.4 Å². The number of para-hydroxylation sites is 1. The predicted molar refractivity (Wildman–Crippen MR) is 77.3 cm³/mol. The quantitative estimate of drug-likeness (QED) is 0.603. The Morgan fingerprint density at radius 3 is 2.75 bits per heavy atom. The monoisotopic (exact) mass is 281 g/mol. The van der Waals surface area contributed by atoms with E-state index in [4.69, 9.17) is 9.84 Å². The lowest BCUT2D eigenvalue weighted by Crippen LogP contribution is -2.39. The van der Waals surface area contributed by atoms with Crippen LogP contribution in [0, 0.1) is 0 Å². The minimum atomic E-state index is -1.00. The topological polar surface area (TPSA) is 78.8 Å². The van der Waals surface area contributed by atoms with Gasteiger partial charge < -0.3 is 20.3 Å². The van der Waals surface area contributed by atoms with Crippen LogP contribution in [-0.4, -0.2) is 41.5 Å². The van der Waals surface area contributed by atoms with Gasteiger partial charge in [0.05, 0.1) is 5.60 Å². The van der Waals surface area contributed by atoms with Gasteiger partial charge in [-0.05, 0) is 25.5 Å². The number of carboxylic acid groups (broad SMARTS) is 1. The second-order valence-corrected chi connectivity index (χ2v) is 5.07. The van der Waals surface area contributed by atoms with Gasteiger partial charge in [0.2, 0.25) is 0 Å². The maximum atomic E-state index is 11.0. The van der Waals surface area contributed by atoms with Crippen LogP contribution >= 0.6 is 0 Å². The van der Waals surface area contributed by atoms with Crippen molar-refractivity contribution in [2.24, 2.45) is 0 Å². The molecule has 0 aliphatic rings. The molecule has 0 radical (unpaired) electrons. The third kappa shape index (κ3) is 5.59. The lowest BCUT2D eigenvalue weighted by atomic mass is 10.0. The Morgan fingerprint density at radius 2 is 2.10 bits per heavy atom. The minimum Gasteiger partial charge on any atom is -0.491 e. The molecule has 1 rings (SSSR count). The third-order valence-corrected chi connectivity index (χ3v) is 2.95. The Morgan fingerprint density at radius 1 is 1.40 bits per heavy atom. The fourth-order valence-electron chi connectivity index (χ4n) is 1.99. The van der Waals surface area contributed by atoms with Gasteiger partial charge in [0, 0.05) is 13.1 Å². The molecule has 0 spiro atoms. The molecule has 0 saturated carbocycles. The van der Waals surface area contributed by atoms with Gasteiger partial charge in [-0.2, -0.15) is 0 Å². The molecule has 0 saturated heterocycles. The first kappa shape index (κ1) is 16.5. The number of benzene rings is 1. The van der Waals surface area contributed by atoms with E-state index in [1.807, 2.05) is 6.92 Å². The highest BCUT2D eigenvalue weighted by molar-refractivity contribution is 5.90. The third-order valence-electron chi connectivity index (χ3n) is 2.95. The van der Waals surface area contributed by atoms with Crippen molar-refractivity contribution in [3.8, 4) is 5.75 Å². The standard InChI is InChI=1S/C15H23NO4/c1-3-8-15(2,19)11-16-9-10-20-13-7-5-4-6-12(13)14(17)18/h4-7,16,19H,3,8-11H2,1-2H3,(H,17,18). The van der Waals surface area contributed by atoms with Crippen molar-refractivity contribution in [1.82, 2.24) is 5.32 Å². The molecule has 1 atom stereocenters. The summed E-state index contributed by atoms with van der Waals surface area (Å²) in [7, 11) is 0. The molecule has 0 amide bonds. The molecule has 0 fully saturated rings. The first-order chi connectivity index (χ1) is 9.46. The summed E-state index contributed by atoms with van der Waals surface area (Å²) in [4.78, 5) is 11.0. The average Bonchev–Trinajstić information content (AvgIpc) is 2.38. The highest BCUT2D eigenvalue weighted by atomic mass is 16.5. The number of nitrogens with one attached hydrogen (secondary N) is 1. The molecule has 1 aromatic carbocycles. The zero-order valence-electron chi connectivity index (χ0n) is 12.1. The highest BCUT2D eigenvalue weighted by Gasteiger charge is 2.17. The number of carbonyl (C=O) groups is 1. The van der Waals surface area contributed by atoms with Crippen LogP contribution in [-0.2, 0) is 0 Å². The smallest absolute Gasteiger partial charge is 0.339 e. The molecule has 0 aliphatic carbocycles. The second-order valence-electron chi connectivity index (χ2n) is 5.07. The van der Waals surface area contributed by atoms with E-state index >= 15 is 0 Å². The average molecular weight is 281 g/mol. The summed E-state index contributed by atoms with van der Waals surface area (Å²) in [6, 6.07) is 6.55. The molecule has 3 N–H and O–H groups in total. The molecular formula is C15H23NO4. The molecule has 0 heterocycles. The van der Waals surface area contributed by atoms with Gasteiger partial charge in [-0.1, -0.05) is 25.5 Å². The normalized spacial score (nSPS) is 13.8. The summed E-state index contributed by atoms with van der Waals surface area (Å²) in [6.07, 6.45) is 1.67. The molecule has 112 valence electrons. The van der Waals surface area contributed by atoms with E-state index in [-0.39, 0.29) is 5.56 Å². The van der Waals surface area contributed by atoms with Crippen molar-refractivity contribution in [2.45, 2.75) is 32.3 Å². The van der Waals surface area contributed by atoms with E-state index in [1.165, 1.54) is 6.07 Å². The molecule has 20 heavy (non-hydrogen) atoms. The molecular weight excluding hydrogens is 258 g/mol. The minimum absolute atomic E-state index is 0.158. The number of hydrogen-bond donors (Lipinski definition) is 3. The number of carboxylic acids is 1. The van der Waals surface area contributed by atoms with Crippen LogP contribution in [0.2, 0.25) is 0 Å². The number of aliphatic hydroxyl groups is 1. The van der Waals surface area contributed by atoms with Gasteiger partial charge in [0.1, 0.15) is 17.9 Å². The fourth-order valence-corrected chi connectivity index (χ4v) is 1.99. The fraction of sp³-hybridized carbons (Fsp3) is 0.533. The van der Waals surface area contributed by atoms with Crippen LogP contribution < -0.4 is 10.1 Å². The maximum Gasteiger partial charge on any atom is 0.339 e. The molecule has 0 bridgehead atoms. The summed E-state index contributed by atoms with van der Waals surface area (Å²) in [6.45, 7) is 5.22. The van der Waals surface area contributed by atoms with E-state index in [2.05, 4.69) is 5.32 Å². The van der Waals surface area contributed by atoms with Crippen LogP contribution in [0.5, 0.6) is 5.75 Å². The Kier molecular flexibility index (Phi) is 6.48. The first-order valence-corrected chi connectivity index (χ1v) is 6.84. The van der Waals surface area contributed by atoms with Crippen LogP contribution in [0.1, 0.15) is 37.0 Å². The number of ether oxygens (including phenoxy) is 1. The SMILES string of the molecule is CCCC(C)(O)CNCCOc1ccccc1C(=O)O. The molecule has 5 heteroatoms. The number of aromatic carboxylic acids is 1. The summed E-state index contributed by atoms with van der Waals surface area (Å²) < 4.78 is 5.45. The van der Waals surface area contributed by atoms with E-state index < -0.39 is 11.6 Å². The van der Waals surface area contributed by atoms with Crippen molar-refractivity contribution in [3.05, 3.63) is 29.8 Å². The molecule has 0 aliphatic heterocycles. The number of hydrogen-bond acceptors (Lipinski definition) is 4. The van der Waals surface area contributed by atoms with Crippen LogP contribution in [0.3, 0.4) is 0 Å². The summed E-state index contributed by atoms with van der Waals surface area (Å²) in [5.74, 6) is -0.637. The highest BCUT2D eigenvalue weighted by Crippen LogP contribution is 2.17. The maximum absolute atomic E-state index is 11.0. The predicted octanol–water partition coefficient (Wildman–Crippen LogP) is 1.90. The van der Waals surface area contributed by atoms with Crippen molar-refractivity contribution in [1.29, 1.82) is 0 Å². The Balaban J connectivity index is 2.33. The Bertz CT molecular complexity index is 432. The zero-order chi connectivity index (χ0) is 15.0. The molecule has 5 nitrogen and oxygen atoms in total. The molecule has 0 aromatic heterocycles. The van der Waals surface area contributed by atoms with Gasteiger partial charge in [0.15, 0.2) is 0 Å². The molecule has 1 unspecified atom stereocenters. The van der Waals surface area contributed by atoms with Crippen molar-refractivity contribution in [2.75, 3.05) is 19.7 Å². The largest absolute Gasteiger partial charge is 0.491 e. The lowest BCUT2D eigenvalue weighted by Gasteiger charge is -2.23. The van der Waals surface area contributed by atoms with Gasteiger partial charge in [-0.3, -0.25) is 0 Å². The van der Waals surface area contributed by atoms with E-state index in [0.717, 1.165) is 12.8 Å². The Labute approximate surface area is 119 Å². The van der Waals surface area contributed by atoms with Crippen molar-refractivity contribution in [3.63, 3.8) is 0 Å². The van der Waals surface area contributed by atoms with Crippen molar-refractivity contribution >= 4 is 5.97 Å². The van der Waals surface area contributed by atoms with Crippen LogP contribution in [0.4, 0.5) is 0 Å². The van der Waals surface area contributed by atoms with Gasteiger partial charge in [-0.15, -0.1) is 0 Å². The summed E-state index contributed by atoms with van der Waals surface area (Å²) >= 11 is 0. The Hall–Kier alpha value is -1.59. The molecule has 1 aromatic rings. The summed E-state index contributed by atoms with van der Waals surface area (Å²) in [5.41, 5.74) is -0.557. The zero-order valence-corrected chi connectivity index (χ0v) is 12.1. The lowest BCUT2D eigenvalue weighted by molar-refractivity contribution is 0.0494. The van der Waals surface area contributed by atoms with Gasteiger partial charge >= 0.3 is 5.97 Å². The van der Waals surface area contributed by atoms with Gasteiger partial charge in [-0.25, -0.2) is 4.79 Å². The van der Waals surface area contributed by atoms with E-state index in [1.54, 1.807) is 25.1 Å². The van der Waals surface area contributed by atoms with E-state index in [9.17, 15) is 9.90 Å². The number of rotatable bonds is 9. The second kappa shape index (κ2) is 7.87. The van der Waals surface area contributed by atoms with Crippen molar-refractivity contribution < 1.29 is 19.7 Å².